The van der Waals surface area contributed by atoms with Gasteiger partial charge in [-0.05, 0) is 17.9 Å². The van der Waals surface area contributed by atoms with E-state index in [2.05, 4.69) is 22.4 Å². The number of benzene rings is 1. The molecule has 0 aliphatic rings. The van der Waals surface area contributed by atoms with Crippen molar-refractivity contribution < 1.29 is 9.47 Å². The van der Waals surface area contributed by atoms with Gasteiger partial charge in [-0.25, -0.2) is 0 Å². The second-order valence-corrected chi connectivity index (χ2v) is 5.55. The van der Waals surface area contributed by atoms with Gasteiger partial charge in [-0.1, -0.05) is 6.07 Å². The average molecular weight is 292 g/mol. The first-order valence-electron chi connectivity index (χ1n) is 6.40. The Kier molecular flexibility index (Phi) is 4.74. The van der Waals surface area contributed by atoms with Crippen molar-refractivity contribution in [2.24, 2.45) is 0 Å². The highest BCUT2D eigenvalue weighted by Gasteiger charge is 2.12. The quantitative estimate of drug-likeness (QED) is 0.831. The summed E-state index contributed by atoms with van der Waals surface area (Å²) in [7, 11) is 5.27. The van der Waals surface area contributed by atoms with Gasteiger partial charge >= 0.3 is 0 Å². The zero-order chi connectivity index (χ0) is 14.5. The number of hydrogen-bond acceptors (Lipinski definition) is 5. The fourth-order valence-electron chi connectivity index (χ4n) is 2.07. The molecule has 2 rings (SSSR count). The normalized spacial score (nSPS) is 10.3. The molecule has 1 heterocycles. The second-order valence-electron chi connectivity index (χ2n) is 4.52. The highest BCUT2D eigenvalue weighted by molar-refractivity contribution is 7.09. The van der Waals surface area contributed by atoms with Gasteiger partial charge in [-0.15, -0.1) is 11.3 Å². The van der Waals surface area contributed by atoms with Crippen LogP contribution in [0.1, 0.15) is 4.88 Å². The number of thiophene rings is 1. The van der Waals surface area contributed by atoms with Crippen molar-refractivity contribution >= 4 is 22.7 Å². The molecule has 0 atom stereocenters. The Morgan fingerprint density at radius 2 is 1.90 bits per heavy atom. The number of hydrogen-bond donors (Lipinski definition) is 1. The summed E-state index contributed by atoms with van der Waals surface area (Å²) in [6, 6.07) is 7.94. The molecule has 0 saturated heterocycles. The SMILES string of the molecule is COc1cc(N)c(N(C)CCc2cccs2)cc1OC. The minimum absolute atomic E-state index is 0.653. The van der Waals surface area contributed by atoms with Crippen molar-refractivity contribution in [3.8, 4) is 11.5 Å². The molecule has 0 amide bonds. The van der Waals surface area contributed by atoms with E-state index in [1.54, 1.807) is 31.6 Å². The zero-order valence-electron chi connectivity index (χ0n) is 12.1. The van der Waals surface area contributed by atoms with Crippen LogP contribution in [-0.4, -0.2) is 27.8 Å². The second kappa shape index (κ2) is 6.52. The summed E-state index contributed by atoms with van der Waals surface area (Å²) in [6.45, 7) is 0.903. The fraction of sp³-hybridized carbons (Fsp3) is 0.333. The fourth-order valence-corrected chi connectivity index (χ4v) is 2.77. The summed E-state index contributed by atoms with van der Waals surface area (Å²) < 4.78 is 10.6. The maximum Gasteiger partial charge on any atom is 0.162 e. The summed E-state index contributed by atoms with van der Waals surface area (Å²) in [5.74, 6) is 1.35. The summed E-state index contributed by atoms with van der Waals surface area (Å²) in [4.78, 5) is 3.51. The number of ether oxygens (including phenoxy) is 2. The monoisotopic (exact) mass is 292 g/mol. The number of nitrogens with zero attached hydrogens (tertiary/aromatic N) is 1. The molecule has 20 heavy (non-hydrogen) atoms. The molecule has 0 unspecified atom stereocenters. The Morgan fingerprint density at radius 1 is 1.20 bits per heavy atom. The molecule has 5 heteroatoms. The number of anilines is 2. The number of methoxy groups -OCH3 is 2. The summed E-state index contributed by atoms with van der Waals surface area (Å²) in [5, 5.41) is 2.10. The molecular weight excluding hydrogens is 272 g/mol. The molecule has 108 valence electrons. The van der Waals surface area contributed by atoms with Gasteiger partial charge in [0.1, 0.15) is 0 Å². The maximum absolute atomic E-state index is 6.10. The predicted octanol–water partition coefficient (Wildman–Crippen LogP) is 3.03. The summed E-state index contributed by atoms with van der Waals surface area (Å²) >= 11 is 1.78. The molecular formula is C15H20N2O2S. The average Bonchev–Trinajstić information content (AvgIpc) is 2.97. The summed E-state index contributed by atoms with van der Waals surface area (Å²) in [5.41, 5.74) is 7.74. The van der Waals surface area contributed by atoms with Gasteiger partial charge < -0.3 is 20.1 Å². The maximum atomic E-state index is 6.10. The van der Waals surface area contributed by atoms with Crippen molar-refractivity contribution in [3.05, 3.63) is 34.5 Å². The van der Waals surface area contributed by atoms with Crippen LogP contribution < -0.4 is 20.1 Å². The molecule has 0 saturated carbocycles. The number of rotatable bonds is 6. The van der Waals surface area contributed by atoms with E-state index < -0.39 is 0 Å². The molecule has 0 bridgehead atoms. The Bertz CT molecular complexity index is 555. The van der Waals surface area contributed by atoms with Gasteiger partial charge in [0.25, 0.3) is 0 Å². The van der Waals surface area contributed by atoms with Gasteiger partial charge in [0.15, 0.2) is 11.5 Å². The molecule has 1 aromatic carbocycles. The molecule has 0 fully saturated rings. The lowest BCUT2D eigenvalue weighted by Crippen LogP contribution is -2.21. The van der Waals surface area contributed by atoms with Gasteiger partial charge in [0, 0.05) is 30.6 Å². The van der Waals surface area contributed by atoms with E-state index in [1.807, 2.05) is 13.1 Å². The minimum Gasteiger partial charge on any atom is -0.493 e. The van der Waals surface area contributed by atoms with Crippen LogP contribution in [0.2, 0.25) is 0 Å². The van der Waals surface area contributed by atoms with Gasteiger partial charge in [-0.3, -0.25) is 0 Å². The van der Waals surface area contributed by atoms with Crippen LogP contribution in [-0.2, 0) is 6.42 Å². The molecule has 0 aliphatic heterocycles. The van der Waals surface area contributed by atoms with Crippen LogP contribution in [0.4, 0.5) is 11.4 Å². The lowest BCUT2D eigenvalue weighted by atomic mass is 10.2. The topological polar surface area (TPSA) is 47.7 Å². The highest BCUT2D eigenvalue weighted by atomic mass is 32.1. The Labute approximate surface area is 123 Å². The van der Waals surface area contributed by atoms with E-state index in [9.17, 15) is 0 Å². The Hall–Kier alpha value is -1.88. The van der Waals surface area contributed by atoms with E-state index in [0.29, 0.717) is 17.2 Å². The van der Waals surface area contributed by atoms with Crippen molar-refractivity contribution in [1.29, 1.82) is 0 Å². The smallest absolute Gasteiger partial charge is 0.162 e. The number of nitrogens with two attached hydrogens (primary N) is 1. The van der Waals surface area contributed by atoms with Gasteiger partial charge in [0.2, 0.25) is 0 Å². The molecule has 1 aromatic heterocycles. The van der Waals surface area contributed by atoms with Crippen LogP contribution in [0.5, 0.6) is 11.5 Å². The Balaban J connectivity index is 2.14. The molecule has 4 nitrogen and oxygen atoms in total. The van der Waals surface area contributed by atoms with Crippen molar-refractivity contribution in [1.82, 2.24) is 0 Å². The van der Waals surface area contributed by atoms with Gasteiger partial charge in [-0.2, -0.15) is 0 Å². The molecule has 0 radical (unpaired) electrons. The third-order valence-corrected chi connectivity index (χ3v) is 4.15. The van der Waals surface area contributed by atoms with Crippen LogP contribution in [0.25, 0.3) is 0 Å². The molecule has 2 aromatic rings. The number of likely N-dealkylation sites (N-methyl/N-ethyl adjacent to an activating group) is 1. The first kappa shape index (κ1) is 14.5. The first-order valence-corrected chi connectivity index (χ1v) is 7.28. The Morgan fingerprint density at radius 3 is 2.50 bits per heavy atom. The lowest BCUT2D eigenvalue weighted by molar-refractivity contribution is 0.355. The van der Waals surface area contributed by atoms with E-state index in [-0.39, 0.29) is 0 Å². The molecule has 0 spiro atoms. The molecule has 2 N–H and O–H groups in total. The third-order valence-electron chi connectivity index (χ3n) is 3.22. The van der Waals surface area contributed by atoms with Crippen LogP contribution in [0, 0.1) is 0 Å². The van der Waals surface area contributed by atoms with Crippen molar-refractivity contribution in [3.63, 3.8) is 0 Å². The third kappa shape index (κ3) is 3.17. The van der Waals surface area contributed by atoms with E-state index in [1.165, 1.54) is 4.88 Å². The van der Waals surface area contributed by atoms with E-state index in [4.69, 9.17) is 15.2 Å². The minimum atomic E-state index is 0.653. The van der Waals surface area contributed by atoms with Gasteiger partial charge in [0.05, 0.1) is 25.6 Å². The summed E-state index contributed by atoms with van der Waals surface area (Å²) in [6.07, 6.45) is 1.00. The largest absolute Gasteiger partial charge is 0.493 e. The zero-order valence-corrected chi connectivity index (χ0v) is 12.9. The van der Waals surface area contributed by atoms with Crippen molar-refractivity contribution in [2.45, 2.75) is 6.42 Å². The first-order chi connectivity index (χ1) is 9.65. The van der Waals surface area contributed by atoms with E-state index >= 15 is 0 Å². The molecule has 0 aliphatic carbocycles. The highest BCUT2D eigenvalue weighted by Crippen LogP contribution is 2.36. The standard InChI is InChI=1S/C15H20N2O2S/c1-17(7-6-11-5-4-8-20-11)13-10-15(19-3)14(18-2)9-12(13)16/h4-5,8-10H,6-7,16H2,1-3H3. The van der Waals surface area contributed by atoms with Crippen LogP contribution in [0.15, 0.2) is 29.6 Å². The van der Waals surface area contributed by atoms with E-state index in [0.717, 1.165) is 18.7 Å². The van der Waals surface area contributed by atoms with Crippen LogP contribution in [0.3, 0.4) is 0 Å². The predicted molar refractivity (Wildman–Crippen MR) is 85.3 cm³/mol. The number of nitrogen functional groups attached to an aromatic ring is 1. The van der Waals surface area contributed by atoms with Crippen LogP contribution >= 0.6 is 11.3 Å². The lowest BCUT2D eigenvalue weighted by Gasteiger charge is -2.22. The van der Waals surface area contributed by atoms with Crippen molar-refractivity contribution in [2.75, 3.05) is 38.4 Å².